The van der Waals surface area contributed by atoms with E-state index < -0.39 is 67.7 Å². The van der Waals surface area contributed by atoms with E-state index in [9.17, 15) is 74.6 Å². The summed E-state index contributed by atoms with van der Waals surface area (Å²) in [6.45, 7) is 3.71. The van der Waals surface area contributed by atoms with E-state index >= 15 is 0 Å². The van der Waals surface area contributed by atoms with E-state index in [0.717, 1.165) is 12.1 Å². The van der Waals surface area contributed by atoms with Crippen molar-refractivity contribution in [1.29, 1.82) is 0 Å². The molecule has 0 aliphatic rings. The van der Waals surface area contributed by atoms with Crippen molar-refractivity contribution < 1.29 is 74.6 Å². The van der Waals surface area contributed by atoms with Gasteiger partial charge in [0.25, 0.3) is 0 Å². The molecule has 0 aliphatic carbocycles. The van der Waals surface area contributed by atoms with Gasteiger partial charge in [0.05, 0.1) is 8.07 Å². The number of halogens is 17. The Morgan fingerprint density at radius 3 is 1.16 bits per heavy atom. The van der Waals surface area contributed by atoms with Crippen LogP contribution in [-0.2, 0) is 0 Å². The minimum Gasteiger partial charge on any atom is -0.200 e. The molecule has 1 atom stereocenters. The van der Waals surface area contributed by atoms with Crippen LogP contribution in [0.5, 0.6) is 0 Å². The number of rotatable bonds is 10. The first kappa shape index (κ1) is 33.3. The van der Waals surface area contributed by atoms with Crippen molar-refractivity contribution in [3.05, 3.63) is 35.9 Å². The Labute approximate surface area is 198 Å². The molecule has 0 saturated heterocycles. The molecule has 0 N–H and O–H groups in total. The smallest absolute Gasteiger partial charge is 0.200 e. The van der Waals surface area contributed by atoms with E-state index in [2.05, 4.69) is 0 Å². The molecule has 1 aromatic rings. The van der Waals surface area contributed by atoms with Gasteiger partial charge in [-0.2, -0.15) is 74.6 Å². The van der Waals surface area contributed by atoms with Gasteiger partial charge in [-0.3, -0.25) is 0 Å². The van der Waals surface area contributed by atoms with Crippen molar-refractivity contribution in [3.8, 4) is 0 Å². The molecule has 0 aliphatic heterocycles. The largest absolute Gasteiger partial charge is 0.460 e. The quantitative estimate of drug-likeness (QED) is 0.187. The fourth-order valence-corrected chi connectivity index (χ4v) is 5.25. The van der Waals surface area contributed by atoms with Gasteiger partial charge in [0.15, 0.2) is 0 Å². The average molecular weight is 596 g/mol. The van der Waals surface area contributed by atoms with E-state index in [1.165, 1.54) is 37.8 Å². The van der Waals surface area contributed by atoms with E-state index in [1.54, 1.807) is 0 Å². The van der Waals surface area contributed by atoms with Gasteiger partial charge in [-0.05, 0) is 11.1 Å². The summed E-state index contributed by atoms with van der Waals surface area (Å²) in [7, 11) is -3.17. The topological polar surface area (TPSA) is 0 Å². The minimum atomic E-state index is -8.61. The Morgan fingerprint density at radius 2 is 0.838 bits per heavy atom. The molecule has 0 radical (unpaired) electrons. The molecule has 0 amide bonds. The molecule has 216 valence electrons. The molecular weight excluding hydrogens is 579 g/mol. The van der Waals surface area contributed by atoms with Crippen molar-refractivity contribution in [2.24, 2.45) is 0 Å². The zero-order chi connectivity index (χ0) is 29.9. The third-order valence-corrected chi connectivity index (χ3v) is 8.12. The van der Waals surface area contributed by atoms with E-state index in [-0.39, 0.29) is 5.56 Å². The third kappa shape index (κ3) is 5.02. The standard InChI is InChI=1S/C19H17F17Si/c1-37(2,3)11(10-7-5-4-6-8-10)9-12(20,21)13(22,23)14(24,25)15(26,27)16(28,29)17(30,31)18(32,33)19(34,35)36/h4-8,11H,9H2,1-3H3. The van der Waals surface area contributed by atoms with Crippen molar-refractivity contribution in [1.82, 2.24) is 0 Å². The fourth-order valence-electron chi connectivity index (χ4n) is 3.19. The lowest BCUT2D eigenvalue weighted by molar-refractivity contribution is -0.461. The van der Waals surface area contributed by atoms with E-state index in [0.29, 0.717) is 0 Å². The summed E-state index contributed by atoms with van der Waals surface area (Å²) >= 11 is 0. The van der Waals surface area contributed by atoms with E-state index in [1.807, 2.05) is 0 Å². The highest BCUT2D eigenvalue weighted by molar-refractivity contribution is 6.77. The minimum absolute atomic E-state index is 0.200. The molecule has 1 aromatic carbocycles. The molecule has 0 bridgehead atoms. The van der Waals surface area contributed by atoms with Crippen molar-refractivity contribution in [2.45, 2.75) is 79.2 Å². The monoisotopic (exact) mass is 596 g/mol. The van der Waals surface area contributed by atoms with Gasteiger partial charge in [-0.15, -0.1) is 0 Å². The highest BCUT2D eigenvalue weighted by atomic mass is 28.3. The number of benzene rings is 1. The average Bonchev–Trinajstić information content (AvgIpc) is 2.70. The second-order valence-corrected chi connectivity index (χ2v) is 14.6. The summed E-state index contributed by atoms with van der Waals surface area (Å²) < 4.78 is 229. The maximum absolute atomic E-state index is 14.5. The molecule has 37 heavy (non-hydrogen) atoms. The maximum atomic E-state index is 14.5. The van der Waals surface area contributed by atoms with Crippen LogP contribution in [0, 0.1) is 0 Å². The molecule has 0 spiro atoms. The lowest BCUT2D eigenvalue weighted by Gasteiger charge is -2.43. The zero-order valence-electron chi connectivity index (χ0n) is 18.6. The summed E-state index contributed by atoms with van der Waals surface area (Å²) in [5, 5.41) is 0. The number of alkyl halides is 17. The van der Waals surface area contributed by atoms with Gasteiger partial charge in [-0.1, -0.05) is 50.0 Å². The summed E-state index contributed by atoms with van der Waals surface area (Å²) in [6.07, 6.45) is -10.2. The Bertz CT molecular complexity index is 928. The Balaban J connectivity index is 3.67. The van der Waals surface area contributed by atoms with E-state index in [4.69, 9.17) is 0 Å². The normalized spacial score (nSPS) is 16.6. The molecule has 0 heterocycles. The Kier molecular flexibility index (Phi) is 8.25. The molecule has 1 rings (SSSR count). The van der Waals surface area contributed by atoms with Crippen LogP contribution in [-0.4, -0.2) is 55.7 Å². The van der Waals surface area contributed by atoms with Crippen LogP contribution in [0.4, 0.5) is 74.6 Å². The predicted octanol–water partition coefficient (Wildman–Crippen LogP) is 9.05. The van der Waals surface area contributed by atoms with Gasteiger partial charge in [0, 0.05) is 6.42 Å². The predicted molar refractivity (Wildman–Crippen MR) is 97.8 cm³/mol. The van der Waals surface area contributed by atoms with Crippen LogP contribution >= 0.6 is 0 Å². The number of hydrogen-bond donors (Lipinski definition) is 0. The first-order valence-electron chi connectivity index (χ1n) is 9.71. The Morgan fingerprint density at radius 1 is 0.514 bits per heavy atom. The van der Waals surface area contributed by atoms with Gasteiger partial charge in [-0.25, -0.2) is 0 Å². The third-order valence-electron chi connectivity index (χ3n) is 5.49. The summed E-state index contributed by atoms with van der Waals surface area (Å²) in [6, 6.07) is 5.79. The van der Waals surface area contributed by atoms with Gasteiger partial charge >= 0.3 is 47.6 Å². The molecule has 0 fully saturated rings. The fraction of sp³-hybridized carbons (Fsp3) is 0.684. The zero-order valence-corrected chi connectivity index (χ0v) is 19.6. The van der Waals surface area contributed by atoms with Crippen LogP contribution in [0.2, 0.25) is 19.6 Å². The van der Waals surface area contributed by atoms with Crippen LogP contribution in [0.1, 0.15) is 17.5 Å². The summed E-state index contributed by atoms with van der Waals surface area (Å²) in [5.74, 6) is -56.1. The highest BCUT2D eigenvalue weighted by Crippen LogP contribution is 2.64. The first-order valence-corrected chi connectivity index (χ1v) is 13.3. The Hall–Kier alpha value is -1.75. The summed E-state index contributed by atoms with van der Waals surface area (Å²) in [5.41, 5.74) is -1.97. The van der Waals surface area contributed by atoms with Gasteiger partial charge < -0.3 is 0 Å². The molecule has 0 saturated carbocycles. The second-order valence-electron chi connectivity index (χ2n) is 9.18. The molecule has 0 aromatic heterocycles. The van der Waals surface area contributed by atoms with Crippen molar-refractivity contribution >= 4 is 8.07 Å². The van der Waals surface area contributed by atoms with Crippen LogP contribution in [0.3, 0.4) is 0 Å². The van der Waals surface area contributed by atoms with Crippen LogP contribution in [0.25, 0.3) is 0 Å². The molecule has 0 nitrogen and oxygen atoms in total. The number of hydrogen-bond acceptors (Lipinski definition) is 0. The van der Waals surface area contributed by atoms with Crippen molar-refractivity contribution in [2.75, 3.05) is 0 Å². The molecular formula is C19H17F17Si. The van der Waals surface area contributed by atoms with Gasteiger partial charge in [0.1, 0.15) is 0 Å². The molecule has 1 unspecified atom stereocenters. The maximum Gasteiger partial charge on any atom is 0.460 e. The lowest BCUT2D eigenvalue weighted by Crippen LogP contribution is -2.74. The first-order chi connectivity index (χ1) is 16.0. The highest BCUT2D eigenvalue weighted by Gasteiger charge is 2.95. The second kappa shape index (κ2) is 9.17. The SMILES string of the molecule is C[Si](C)(C)C(CC(F)(F)C(F)(F)C(F)(F)C(F)(F)C(F)(F)C(F)(F)C(F)(F)C(F)(F)F)c1ccccc1. The van der Waals surface area contributed by atoms with Crippen LogP contribution < -0.4 is 0 Å². The summed E-state index contributed by atoms with van der Waals surface area (Å²) in [4.78, 5) is 0. The van der Waals surface area contributed by atoms with Crippen LogP contribution in [0.15, 0.2) is 30.3 Å². The molecule has 18 heteroatoms. The lowest BCUT2D eigenvalue weighted by atomic mass is 9.87. The van der Waals surface area contributed by atoms with Gasteiger partial charge in [0.2, 0.25) is 0 Å². The van der Waals surface area contributed by atoms with Crippen molar-refractivity contribution in [3.63, 3.8) is 0 Å².